The van der Waals surface area contributed by atoms with Gasteiger partial charge in [0.15, 0.2) is 0 Å². The zero-order chi connectivity index (χ0) is 16.2. The van der Waals surface area contributed by atoms with E-state index in [0.29, 0.717) is 5.92 Å². The van der Waals surface area contributed by atoms with Gasteiger partial charge in [-0.3, -0.25) is 13.4 Å². The first-order valence-corrected chi connectivity index (χ1v) is 9.85. The molecular weight excluding hydrogens is 270 g/mol. The maximum Gasteiger partial charge on any atom is 0.0765 e. The van der Waals surface area contributed by atoms with E-state index >= 15 is 0 Å². The van der Waals surface area contributed by atoms with Crippen molar-refractivity contribution >= 4 is 16.3 Å². The van der Waals surface area contributed by atoms with Crippen LogP contribution in [0.25, 0.3) is 0 Å². The Morgan fingerprint density at radius 1 is 1.15 bits per heavy atom. The fourth-order valence-corrected chi connectivity index (χ4v) is 3.64. The summed E-state index contributed by atoms with van der Waals surface area (Å²) in [6.45, 7) is 15.5. The second-order valence-corrected chi connectivity index (χ2v) is 8.30. The first-order chi connectivity index (χ1) is 9.29. The highest BCUT2D eigenvalue weighted by Gasteiger charge is 2.15. The Morgan fingerprint density at radius 2 is 1.70 bits per heavy atom. The van der Waals surface area contributed by atoms with Crippen molar-refractivity contribution in [2.45, 2.75) is 67.4 Å². The Balaban J connectivity index is 0. The van der Waals surface area contributed by atoms with Gasteiger partial charge in [-0.25, -0.2) is 0 Å². The standard InChI is InChI=1S/C14H31NO2S.C2H6/c1-12(2)11-14(5)15-9-8-10-18(7,16-6)17-13(3)4;1-2/h12-13H,8-11H2,1-7H3;1-2H3. The summed E-state index contributed by atoms with van der Waals surface area (Å²) in [6, 6.07) is 0. The summed E-state index contributed by atoms with van der Waals surface area (Å²) in [5.74, 6) is 1.65. The summed E-state index contributed by atoms with van der Waals surface area (Å²) in [7, 11) is 0.375. The second kappa shape index (κ2) is 12.7. The van der Waals surface area contributed by atoms with Gasteiger partial charge in [-0.2, -0.15) is 10.6 Å². The molecule has 3 nitrogen and oxygen atoms in total. The second-order valence-electron chi connectivity index (χ2n) is 5.51. The highest BCUT2D eigenvalue weighted by molar-refractivity contribution is 8.25. The Bertz CT molecular complexity index is 255. The van der Waals surface area contributed by atoms with Gasteiger partial charge in [0.05, 0.1) is 13.2 Å². The lowest BCUT2D eigenvalue weighted by Crippen LogP contribution is -2.15. The number of aliphatic imine (C=N–C) groups is 1. The highest BCUT2D eigenvalue weighted by Crippen LogP contribution is 2.47. The zero-order valence-electron chi connectivity index (χ0n) is 15.2. The molecule has 0 saturated carbocycles. The Labute approximate surface area is 129 Å². The van der Waals surface area contributed by atoms with Crippen LogP contribution < -0.4 is 0 Å². The molecule has 20 heavy (non-hydrogen) atoms. The number of rotatable bonds is 9. The molecule has 0 aromatic rings. The fraction of sp³-hybridized carbons (Fsp3) is 0.938. The SMILES string of the molecule is CC.COS(C)(CCCN=C(C)CC(C)C)OC(C)C. The molecule has 1 unspecified atom stereocenters. The molecule has 0 spiro atoms. The molecule has 0 aromatic carbocycles. The number of hydrogen-bond donors (Lipinski definition) is 0. The third-order valence-electron chi connectivity index (χ3n) is 2.51. The Hall–Kier alpha value is -0.0600. The van der Waals surface area contributed by atoms with Crippen LogP contribution in [0.2, 0.25) is 0 Å². The Morgan fingerprint density at radius 3 is 2.10 bits per heavy atom. The molecule has 0 aliphatic rings. The summed E-state index contributed by atoms with van der Waals surface area (Å²) in [5.41, 5.74) is 1.25. The molecule has 0 aromatic heterocycles. The summed E-state index contributed by atoms with van der Waals surface area (Å²) in [5, 5.41) is 0. The molecule has 124 valence electrons. The van der Waals surface area contributed by atoms with Crippen LogP contribution in [-0.2, 0) is 8.37 Å². The highest BCUT2D eigenvalue weighted by atomic mass is 32.3. The molecule has 0 bridgehead atoms. The lowest BCUT2D eigenvalue weighted by molar-refractivity contribution is 0.233. The van der Waals surface area contributed by atoms with Crippen LogP contribution in [0.1, 0.15) is 61.3 Å². The molecular formula is C16H37NO2S. The topological polar surface area (TPSA) is 30.8 Å². The van der Waals surface area contributed by atoms with Crippen LogP contribution >= 0.6 is 10.6 Å². The van der Waals surface area contributed by atoms with Gasteiger partial charge in [0.1, 0.15) is 0 Å². The zero-order valence-corrected chi connectivity index (χ0v) is 16.0. The summed E-state index contributed by atoms with van der Waals surface area (Å²) < 4.78 is 11.4. The van der Waals surface area contributed by atoms with Gasteiger partial charge in [-0.1, -0.05) is 27.7 Å². The van der Waals surface area contributed by atoms with Crippen molar-refractivity contribution < 1.29 is 8.37 Å². The van der Waals surface area contributed by atoms with E-state index in [-0.39, 0.29) is 6.10 Å². The maximum absolute atomic E-state index is 5.87. The summed E-state index contributed by atoms with van der Waals surface area (Å²) in [6.07, 6.45) is 4.42. The third kappa shape index (κ3) is 12.9. The monoisotopic (exact) mass is 307 g/mol. The van der Waals surface area contributed by atoms with Gasteiger partial charge in [0.25, 0.3) is 0 Å². The van der Waals surface area contributed by atoms with Crippen LogP contribution in [0.15, 0.2) is 4.99 Å². The largest absolute Gasteiger partial charge is 0.294 e. The van der Waals surface area contributed by atoms with E-state index in [1.807, 2.05) is 13.8 Å². The van der Waals surface area contributed by atoms with Gasteiger partial charge in [-0.15, -0.1) is 0 Å². The minimum Gasteiger partial charge on any atom is -0.294 e. The van der Waals surface area contributed by atoms with Crippen molar-refractivity contribution in [2.75, 3.05) is 25.7 Å². The number of hydrogen-bond acceptors (Lipinski definition) is 3. The molecule has 0 N–H and O–H groups in total. The van der Waals surface area contributed by atoms with Crippen molar-refractivity contribution in [1.29, 1.82) is 0 Å². The lowest BCUT2D eigenvalue weighted by Gasteiger charge is -2.39. The first-order valence-electron chi connectivity index (χ1n) is 7.79. The maximum atomic E-state index is 5.87. The number of nitrogens with zero attached hydrogens (tertiary/aromatic N) is 1. The van der Waals surface area contributed by atoms with Crippen molar-refractivity contribution in [2.24, 2.45) is 10.9 Å². The van der Waals surface area contributed by atoms with Crippen LogP contribution in [0.3, 0.4) is 0 Å². The van der Waals surface area contributed by atoms with Gasteiger partial charge in [0.2, 0.25) is 0 Å². The molecule has 1 atom stereocenters. The summed E-state index contributed by atoms with van der Waals surface area (Å²) in [4.78, 5) is 4.60. The molecule has 0 rings (SSSR count). The first kappa shape index (κ1) is 22.2. The van der Waals surface area contributed by atoms with E-state index in [0.717, 1.165) is 25.1 Å². The molecule has 0 aliphatic heterocycles. The van der Waals surface area contributed by atoms with E-state index in [2.05, 4.69) is 45.9 Å². The summed E-state index contributed by atoms with van der Waals surface area (Å²) >= 11 is 0. The molecule has 0 saturated heterocycles. The average molecular weight is 308 g/mol. The lowest BCUT2D eigenvalue weighted by atomic mass is 10.1. The normalized spacial score (nSPS) is 16.6. The van der Waals surface area contributed by atoms with Gasteiger partial charge in [0, 0.05) is 24.3 Å². The average Bonchev–Trinajstić information content (AvgIpc) is 2.35. The van der Waals surface area contributed by atoms with E-state index in [1.165, 1.54) is 5.71 Å². The van der Waals surface area contributed by atoms with Gasteiger partial charge in [-0.05, 0) is 39.5 Å². The predicted molar refractivity (Wildman–Crippen MR) is 95.0 cm³/mol. The van der Waals surface area contributed by atoms with E-state index in [1.54, 1.807) is 7.11 Å². The van der Waals surface area contributed by atoms with Crippen LogP contribution in [0, 0.1) is 5.92 Å². The molecule has 4 heteroatoms. The van der Waals surface area contributed by atoms with Gasteiger partial charge >= 0.3 is 0 Å². The van der Waals surface area contributed by atoms with Crippen molar-refractivity contribution in [3.63, 3.8) is 0 Å². The molecule has 0 aliphatic carbocycles. The quantitative estimate of drug-likeness (QED) is 0.430. The van der Waals surface area contributed by atoms with Gasteiger partial charge < -0.3 is 0 Å². The van der Waals surface area contributed by atoms with Crippen molar-refractivity contribution in [1.82, 2.24) is 0 Å². The minimum absolute atomic E-state index is 0.219. The molecule has 0 fully saturated rings. The molecule has 0 radical (unpaired) electrons. The van der Waals surface area contributed by atoms with E-state index < -0.39 is 10.6 Å². The molecule has 0 heterocycles. The van der Waals surface area contributed by atoms with Crippen LogP contribution in [-0.4, -0.2) is 37.5 Å². The van der Waals surface area contributed by atoms with Crippen molar-refractivity contribution in [3.8, 4) is 0 Å². The third-order valence-corrected chi connectivity index (χ3v) is 5.03. The predicted octanol–water partition coefficient (Wildman–Crippen LogP) is 5.25. The minimum atomic E-state index is -1.37. The Kier molecular flexibility index (Phi) is 14.1. The van der Waals surface area contributed by atoms with E-state index in [4.69, 9.17) is 8.37 Å². The smallest absolute Gasteiger partial charge is 0.0765 e. The van der Waals surface area contributed by atoms with Crippen LogP contribution in [0.4, 0.5) is 0 Å². The molecule has 0 amide bonds. The van der Waals surface area contributed by atoms with Crippen LogP contribution in [0.5, 0.6) is 0 Å². The fourth-order valence-electron chi connectivity index (χ4n) is 1.83. The van der Waals surface area contributed by atoms with E-state index in [9.17, 15) is 0 Å². The van der Waals surface area contributed by atoms with Crippen molar-refractivity contribution in [3.05, 3.63) is 0 Å².